The van der Waals surface area contributed by atoms with Gasteiger partial charge in [0, 0.05) is 22.4 Å². The van der Waals surface area contributed by atoms with Gasteiger partial charge in [0.25, 0.3) is 0 Å². The summed E-state index contributed by atoms with van der Waals surface area (Å²) in [5.74, 6) is 0.234. The molecular formula is C16H20BrNO. The number of hydrogen-bond donors (Lipinski definition) is 1. The molecule has 2 aliphatic rings. The summed E-state index contributed by atoms with van der Waals surface area (Å²) in [6.07, 6.45) is 6.17. The maximum atomic E-state index is 11.7. The van der Waals surface area contributed by atoms with E-state index in [4.69, 9.17) is 0 Å². The van der Waals surface area contributed by atoms with Crippen molar-refractivity contribution in [2.45, 2.75) is 56.9 Å². The van der Waals surface area contributed by atoms with Crippen molar-refractivity contribution in [3.63, 3.8) is 0 Å². The van der Waals surface area contributed by atoms with E-state index in [1.54, 1.807) is 0 Å². The molecule has 1 fully saturated rings. The lowest BCUT2D eigenvalue weighted by molar-refractivity contribution is -0.125. The van der Waals surface area contributed by atoms with E-state index >= 15 is 0 Å². The number of hydrogen-bond acceptors (Lipinski definition) is 1. The van der Waals surface area contributed by atoms with Crippen molar-refractivity contribution in [2.75, 3.05) is 0 Å². The number of benzene rings is 1. The number of carbonyl (C=O) groups is 1. The lowest BCUT2D eigenvalue weighted by atomic mass is 9.61. The van der Waals surface area contributed by atoms with Crippen molar-refractivity contribution < 1.29 is 4.79 Å². The summed E-state index contributed by atoms with van der Waals surface area (Å²) in [6.45, 7) is 2.25. The lowest BCUT2D eigenvalue weighted by Crippen LogP contribution is -2.57. The lowest BCUT2D eigenvalue weighted by Gasteiger charge is -2.49. The monoisotopic (exact) mass is 321 g/mol. The highest BCUT2D eigenvalue weighted by molar-refractivity contribution is 9.10. The maximum absolute atomic E-state index is 11.7. The van der Waals surface area contributed by atoms with Crippen LogP contribution in [-0.2, 0) is 16.6 Å². The van der Waals surface area contributed by atoms with Gasteiger partial charge in [-0.1, -0.05) is 35.3 Å². The standard InChI is InChI=1S/C16H20BrNO/c1-2-8-16-9-7-15(19)18-14(16)6-3-11-10-12(17)4-5-13(11)16/h4-5,10,14H,2-3,6-9H2,1H3,(H,18,19)/t14-,16-/m1/s1. The molecule has 19 heavy (non-hydrogen) atoms. The molecule has 1 amide bonds. The van der Waals surface area contributed by atoms with Crippen molar-refractivity contribution in [1.29, 1.82) is 0 Å². The zero-order chi connectivity index (χ0) is 13.5. The molecule has 0 bridgehead atoms. The number of fused-ring (bicyclic) bond motifs is 3. The number of nitrogens with one attached hydrogen (secondary N) is 1. The van der Waals surface area contributed by atoms with Crippen molar-refractivity contribution in [3.05, 3.63) is 33.8 Å². The second-order valence-corrected chi connectivity index (χ2v) is 6.78. The van der Waals surface area contributed by atoms with Gasteiger partial charge in [-0.2, -0.15) is 0 Å². The third kappa shape index (κ3) is 2.12. The Morgan fingerprint density at radius 2 is 2.26 bits per heavy atom. The second-order valence-electron chi connectivity index (χ2n) is 5.87. The molecule has 1 aliphatic heterocycles. The average Bonchev–Trinajstić information content (AvgIpc) is 2.39. The molecule has 0 unspecified atom stereocenters. The van der Waals surface area contributed by atoms with Crippen LogP contribution in [0.4, 0.5) is 0 Å². The molecule has 3 heteroatoms. The van der Waals surface area contributed by atoms with Crippen LogP contribution in [0, 0.1) is 0 Å². The number of rotatable bonds is 2. The molecule has 0 saturated carbocycles. The second kappa shape index (κ2) is 4.93. The van der Waals surface area contributed by atoms with Crippen molar-refractivity contribution >= 4 is 21.8 Å². The van der Waals surface area contributed by atoms with E-state index in [-0.39, 0.29) is 11.3 Å². The topological polar surface area (TPSA) is 29.1 Å². The molecule has 1 aromatic rings. The van der Waals surface area contributed by atoms with Gasteiger partial charge in [0.05, 0.1) is 0 Å². The quantitative estimate of drug-likeness (QED) is 0.883. The molecular weight excluding hydrogens is 302 g/mol. The number of carbonyl (C=O) groups excluding carboxylic acids is 1. The Morgan fingerprint density at radius 3 is 3.05 bits per heavy atom. The summed E-state index contributed by atoms with van der Waals surface area (Å²) in [6, 6.07) is 7.02. The first-order chi connectivity index (χ1) is 9.15. The van der Waals surface area contributed by atoms with Crippen LogP contribution in [0.5, 0.6) is 0 Å². The van der Waals surface area contributed by atoms with Crippen molar-refractivity contribution in [3.8, 4) is 0 Å². The zero-order valence-corrected chi connectivity index (χ0v) is 12.9. The van der Waals surface area contributed by atoms with E-state index in [9.17, 15) is 4.79 Å². The van der Waals surface area contributed by atoms with Crippen molar-refractivity contribution in [1.82, 2.24) is 5.32 Å². The molecule has 3 rings (SSSR count). The number of aryl methyl sites for hydroxylation is 1. The summed E-state index contributed by atoms with van der Waals surface area (Å²) in [5.41, 5.74) is 3.13. The largest absolute Gasteiger partial charge is 0.352 e. The normalized spacial score (nSPS) is 29.4. The molecule has 1 aliphatic carbocycles. The van der Waals surface area contributed by atoms with Crippen LogP contribution >= 0.6 is 15.9 Å². The Morgan fingerprint density at radius 1 is 1.42 bits per heavy atom. The zero-order valence-electron chi connectivity index (χ0n) is 11.3. The van der Waals surface area contributed by atoms with Crippen LogP contribution < -0.4 is 5.32 Å². The van der Waals surface area contributed by atoms with E-state index in [2.05, 4.69) is 46.4 Å². The van der Waals surface area contributed by atoms with Crippen LogP contribution in [0.15, 0.2) is 22.7 Å². The van der Waals surface area contributed by atoms with Gasteiger partial charge in [0.1, 0.15) is 0 Å². The van der Waals surface area contributed by atoms with E-state index in [0.717, 1.165) is 23.7 Å². The van der Waals surface area contributed by atoms with Gasteiger partial charge in [-0.05, 0) is 48.9 Å². The predicted molar refractivity (Wildman–Crippen MR) is 80.2 cm³/mol. The summed E-state index contributed by atoms with van der Waals surface area (Å²) in [7, 11) is 0. The average molecular weight is 322 g/mol. The molecule has 0 aromatic heterocycles. The first-order valence-electron chi connectivity index (χ1n) is 7.24. The highest BCUT2D eigenvalue weighted by Gasteiger charge is 2.46. The third-order valence-corrected chi connectivity index (χ3v) is 5.30. The van der Waals surface area contributed by atoms with Crippen LogP contribution in [0.25, 0.3) is 0 Å². The molecule has 2 atom stereocenters. The Balaban J connectivity index is 2.08. The highest BCUT2D eigenvalue weighted by Crippen LogP contribution is 2.46. The van der Waals surface area contributed by atoms with Crippen LogP contribution in [0.2, 0.25) is 0 Å². The van der Waals surface area contributed by atoms with Gasteiger partial charge >= 0.3 is 0 Å². The number of amides is 1. The summed E-state index contributed by atoms with van der Waals surface area (Å²) >= 11 is 3.57. The molecule has 1 aromatic carbocycles. The fourth-order valence-electron chi connectivity index (χ4n) is 4.02. The third-order valence-electron chi connectivity index (χ3n) is 4.80. The Hall–Kier alpha value is -0.830. The van der Waals surface area contributed by atoms with Crippen LogP contribution in [0.3, 0.4) is 0 Å². The summed E-state index contributed by atoms with van der Waals surface area (Å²) in [5, 5.41) is 3.25. The Kier molecular flexibility index (Phi) is 3.42. The fraction of sp³-hybridized carbons (Fsp3) is 0.562. The van der Waals surface area contributed by atoms with E-state index in [0.29, 0.717) is 12.5 Å². The first kappa shape index (κ1) is 13.2. The molecule has 102 valence electrons. The van der Waals surface area contributed by atoms with Crippen LogP contribution in [-0.4, -0.2) is 11.9 Å². The molecule has 1 heterocycles. The minimum absolute atomic E-state index is 0.178. The molecule has 0 radical (unpaired) electrons. The van der Waals surface area contributed by atoms with Gasteiger partial charge in [-0.15, -0.1) is 0 Å². The van der Waals surface area contributed by atoms with E-state index < -0.39 is 0 Å². The van der Waals surface area contributed by atoms with Gasteiger partial charge in [0.2, 0.25) is 5.91 Å². The predicted octanol–water partition coefficient (Wildman–Crippen LogP) is 3.71. The van der Waals surface area contributed by atoms with Gasteiger partial charge in [-0.3, -0.25) is 4.79 Å². The summed E-state index contributed by atoms with van der Waals surface area (Å²) in [4.78, 5) is 11.7. The SMILES string of the molecule is CCC[C@]12CCC(=O)N[C@@H]1CCc1cc(Br)ccc12. The van der Waals surface area contributed by atoms with E-state index in [1.165, 1.54) is 24.0 Å². The van der Waals surface area contributed by atoms with Crippen LogP contribution in [0.1, 0.15) is 50.2 Å². The van der Waals surface area contributed by atoms with E-state index in [1.807, 2.05) is 0 Å². The minimum atomic E-state index is 0.178. The van der Waals surface area contributed by atoms with Gasteiger partial charge in [-0.25, -0.2) is 0 Å². The molecule has 1 N–H and O–H groups in total. The minimum Gasteiger partial charge on any atom is -0.352 e. The molecule has 0 spiro atoms. The highest BCUT2D eigenvalue weighted by atomic mass is 79.9. The molecule has 1 saturated heterocycles. The first-order valence-corrected chi connectivity index (χ1v) is 8.03. The number of piperidine rings is 1. The number of halogens is 1. The van der Waals surface area contributed by atoms with Gasteiger partial charge < -0.3 is 5.32 Å². The smallest absolute Gasteiger partial charge is 0.220 e. The fourth-order valence-corrected chi connectivity index (χ4v) is 4.43. The maximum Gasteiger partial charge on any atom is 0.220 e. The Bertz CT molecular complexity index is 513. The Labute approximate surface area is 123 Å². The van der Waals surface area contributed by atoms with Gasteiger partial charge in [0.15, 0.2) is 0 Å². The van der Waals surface area contributed by atoms with Crippen molar-refractivity contribution in [2.24, 2.45) is 0 Å². The molecule has 2 nitrogen and oxygen atoms in total. The summed E-state index contributed by atoms with van der Waals surface area (Å²) < 4.78 is 1.16.